The fourth-order valence-corrected chi connectivity index (χ4v) is 1.45. The van der Waals surface area contributed by atoms with Gasteiger partial charge in [0.1, 0.15) is 11.7 Å². The molecule has 2 N–H and O–H groups in total. The summed E-state index contributed by atoms with van der Waals surface area (Å²) in [5, 5.41) is 22.6. The first-order chi connectivity index (χ1) is 8.49. The molecule has 0 aliphatic heterocycles. The van der Waals surface area contributed by atoms with Gasteiger partial charge in [-0.1, -0.05) is 11.6 Å². The second kappa shape index (κ2) is 6.18. The molecule has 0 aliphatic carbocycles. The number of nitrogens with one attached hydrogen (secondary N) is 1. The Morgan fingerprint density at radius 3 is 2.83 bits per heavy atom. The Morgan fingerprint density at radius 1 is 1.67 bits per heavy atom. The van der Waals surface area contributed by atoms with Gasteiger partial charge in [0, 0.05) is 11.1 Å². The molecule has 7 nitrogen and oxygen atoms in total. The Labute approximate surface area is 107 Å². The molecule has 0 aromatic heterocycles. The van der Waals surface area contributed by atoms with E-state index in [0.29, 0.717) is 0 Å². The van der Waals surface area contributed by atoms with Gasteiger partial charge in [0.05, 0.1) is 18.6 Å². The summed E-state index contributed by atoms with van der Waals surface area (Å²) in [6, 6.07) is 2.86. The van der Waals surface area contributed by atoms with E-state index in [1.807, 2.05) is 0 Å². The molecule has 0 saturated carbocycles. The summed E-state index contributed by atoms with van der Waals surface area (Å²) in [6.07, 6.45) is 0. The lowest BCUT2D eigenvalue weighted by Gasteiger charge is -2.15. The highest BCUT2D eigenvalue weighted by molar-refractivity contribution is 6.30. The van der Waals surface area contributed by atoms with Gasteiger partial charge >= 0.3 is 5.97 Å². The average molecular weight is 275 g/mol. The number of esters is 1. The minimum atomic E-state index is -1.07. The lowest BCUT2D eigenvalue weighted by molar-refractivity contribution is -0.384. The van der Waals surface area contributed by atoms with Crippen LogP contribution in [0.4, 0.5) is 11.4 Å². The molecule has 18 heavy (non-hydrogen) atoms. The quantitative estimate of drug-likeness (QED) is 0.475. The van der Waals surface area contributed by atoms with Gasteiger partial charge < -0.3 is 15.2 Å². The van der Waals surface area contributed by atoms with E-state index >= 15 is 0 Å². The SMILES string of the molecule is COC(=O)C(CO)Nc1ccc(Cl)cc1[N+](=O)[O-]. The van der Waals surface area contributed by atoms with E-state index < -0.39 is 23.5 Å². The zero-order chi connectivity index (χ0) is 13.7. The van der Waals surface area contributed by atoms with Gasteiger partial charge in [-0.05, 0) is 12.1 Å². The first-order valence-corrected chi connectivity index (χ1v) is 5.26. The lowest BCUT2D eigenvalue weighted by Crippen LogP contribution is -2.34. The second-order valence-corrected chi connectivity index (χ2v) is 3.76. The van der Waals surface area contributed by atoms with Crippen molar-refractivity contribution < 1.29 is 19.6 Å². The summed E-state index contributed by atoms with van der Waals surface area (Å²) < 4.78 is 4.44. The van der Waals surface area contributed by atoms with E-state index in [0.717, 1.165) is 13.2 Å². The van der Waals surface area contributed by atoms with Crippen molar-refractivity contribution >= 4 is 28.9 Å². The normalized spacial score (nSPS) is 11.7. The summed E-state index contributed by atoms with van der Waals surface area (Å²) >= 11 is 5.65. The van der Waals surface area contributed by atoms with Gasteiger partial charge in [0.25, 0.3) is 5.69 Å². The molecule has 0 amide bonds. The zero-order valence-electron chi connectivity index (χ0n) is 9.42. The zero-order valence-corrected chi connectivity index (χ0v) is 10.2. The molecule has 8 heteroatoms. The van der Waals surface area contributed by atoms with E-state index in [1.54, 1.807) is 0 Å². The predicted octanol–water partition coefficient (Wildman–Crippen LogP) is 1.19. The van der Waals surface area contributed by atoms with Gasteiger partial charge in [-0.3, -0.25) is 10.1 Å². The Kier molecular flexibility index (Phi) is 4.87. The third-order valence-corrected chi connectivity index (χ3v) is 2.39. The van der Waals surface area contributed by atoms with Crippen LogP contribution in [0.25, 0.3) is 0 Å². The number of benzene rings is 1. The highest BCUT2D eigenvalue weighted by Crippen LogP contribution is 2.28. The molecule has 1 unspecified atom stereocenters. The number of nitro groups is 1. The summed E-state index contributed by atoms with van der Waals surface area (Å²) in [6.45, 7) is -0.549. The van der Waals surface area contributed by atoms with Crippen molar-refractivity contribution in [3.8, 4) is 0 Å². The molecule has 1 rings (SSSR count). The maximum absolute atomic E-state index is 11.3. The van der Waals surface area contributed by atoms with Crippen LogP contribution in [0.5, 0.6) is 0 Å². The van der Waals surface area contributed by atoms with Gasteiger partial charge in [-0.2, -0.15) is 0 Å². The van der Waals surface area contributed by atoms with Crippen LogP contribution < -0.4 is 5.32 Å². The van der Waals surface area contributed by atoms with Gasteiger partial charge in [0.2, 0.25) is 0 Å². The molecule has 0 bridgehead atoms. The van der Waals surface area contributed by atoms with Crippen LogP contribution in [0.15, 0.2) is 18.2 Å². The number of aliphatic hydroxyl groups excluding tert-OH is 1. The van der Waals surface area contributed by atoms with Gasteiger partial charge in [-0.15, -0.1) is 0 Å². The molecule has 1 atom stereocenters. The minimum absolute atomic E-state index is 0.0776. The monoisotopic (exact) mass is 274 g/mol. The second-order valence-electron chi connectivity index (χ2n) is 3.32. The van der Waals surface area contributed by atoms with Crippen LogP contribution in [0.2, 0.25) is 5.02 Å². The van der Waals surface area contributed by atoms with Crippen molar-refractivity contribution in [1.29, 1.82) is 0 Å². The third kappa shape index (κ3) is 3.31. The van der Waals surface area contributed by atoms with Crippen LogP contribution in [0, 0.1) is 10.1 Å². The van der Waals surface area contributed by atoms with Crippen molar-refractivity contribution in [1.82, 2.24) is 0 Å². The number of anilines is 1. The number of ether oxygens (including phenoxy) is 1. The summed E-state index contributed by atoms with van der Waals surface area (Å²) in [5.74, 6) is -0.721. The summed E-state index contributed by atoms with van der Waals surface area (Å²) in [4.78, 5) is 21.4. The fraction of sp³-hybridized carbons (Fsp3) is 0.300. The molecule has 98 valence electrons. The number of halogens is 1. The molecule has 0 radical (unpaired) electrons. The first-order valence-electron chi connectivity index (χ1n) is 4.88. The smallest absolute Gasteiger partial charge is 0.330 e. The Balaban J connectivity index is 3.02. The van der Waals surface area contributed by atoms with Crippen LogP contribution >= 0.6 is 11.6 Å². The number of nitro benzene ring substituents is 1. The Morgan fingerprint density at radius 2 is 2.33 bits per heavy atom. The average Bonchev–Trinajstić information content (AvgIpc) is 2.36. The largest absolute Gasteiger partial charge is 0.467 e. The highest BCUT2D eigenvalue weighted by Gasteiger charge is 2.22. The molecular formula is C10H11ClN2O5. The van der Waals surface area contributed by atoms with E-state index in [2.05, 4.69) is 10.1 Å². The number of carbonyl (C=O) groups is 1. The molecular weight excluding hydrogens is 264 g/mol. The van der Waals surface area contributed by atoms with Crippen LogP contribution in [0.3, 0.4) is 0 Å². The van der Waals surface area contributed by atoms with E-state index in [-0.39, 0.29) is 16.4 Å². The van der Waals surface area contributed by atoms with Crippen molar-refractivity contribution in [2.24, 2.45) is 0 Å². The number of carbonyl (C=O) groups excluding carboxylic acids is 1. The maximum Gasteiger partial charge on any atom is 0.330 e. The molecule has 0 heterocycles. The van der Waals surface area contributed by atoms with Crippen molar-refractivity contribution in [3.05, 3.63) is 33.3 Å². The topological polar surface area (TPSA) is 102 Å². The summed E-state index contributed by atoms with van der Waals surface area (Å²) in [5.41, 5.74) is -0.210. The maximum atomic E-state index is 11.3. The van der Waals surface area contributed by atoms with Crippen molar-refractivity contribution in [2.75, 3.05) is 19.0 Å². The molecule has 0 spiro atoms. The number of aliphatic hydroxyl groups is 1. The Hall–Kier alpha value is -1.86. The minimum Gasteiger partial charge on any atom is -0.467 e. The van der Waals surface area contributed by atoms with Crippen LogP contribution in [0.1, 0.15) is 0 Å². The molecule has 1 aromatic carbocycles. The van der Waals surface area contributed by atoms with Crippen LogP contribution in [-0.4, -0.2) is 35.8 Å². The van der Waals surface area contributed by atoms with Gasteiger partial charge in [-0.25, -0.2) is 4.79 Å². The summed E-state index contributed by atoms with van der Waals surface area (Å²) in [7, 11) is 1.16. The van der Waals surface area contributed by atoms with Crippen molar-refractivity contribution in [2.45, 2.75) is 6.04 Å². The third-order valence-electron chi connectivity index (χ3n) is 2.15. The molecule has 0 saturated heterocycles. The number of rotatable bonds is 5. The lowest BCUT2D eigenvalue weighted by atomic mass is 10.2. The van der Waals surface area contributed by atoms with E-state index in [1.165, 1.54) is 12.1 Å². The standard InChI is InChI=1S/C10H11ClN2O5/c1-18-10(15)8(5-14)12-7-3-2-6(11)4-9(7)13(16)17/h2-4,8,12,14H,5H2,1H3. The van der Waals surface area contributed by atoms with Crippen molar-refractivity contribution in [3.63, 3.8) is 0 Å². The molecule has 0 aliphatic rings. The number of hydrogen-bond acceptors (Lipinski definition) is 6. The van der Waals surface area contributed by atoms with Crippen LogP contribution in [-0.2, 0) is 9.53 Å². The van der Waals surface area contributed by atoms with E-state index in [9.17, 15) is 14.9 Å². The predicted molar refractivity (Wildman–Crippen MR) is 64.6 cm³/mol. The highest BCUT2D eigenvalue weighted by atomic mass is 35.5. The fourth-order valence-electron chi connectivity index (χ4n) is 1.29. The number of methoxy groups -OCH3 is 1. The molecule has 0 fully saturated rings. The number of hydrogen-bond donors (Lipinski definition) is 2. The van der Waals surface area contributed by atoms with E-state index in [4.69, 9.17) is 16.7 Å². The Bertz CT molecular complexity index is 466. The first kappa shape index (κ1) is 14.2. The number of nitrogens with zero attached hydrogens (tertiary/aromatic N) is 1. The molecule has 1 aromatic rings. The van der Waals surface area contributed by atoms with Gasteiger partial charge in [0.15, 0.2) is 0 Å².